The summed E-state index contributed by atoms with van der Waals surface area (Å²) in [7, 11) is 0. The van der Waals surface area contributed by atoms with Gasteiger partial charge in [-0.05, 0) is 91.9 Å². The second-order valence-electron chi connectivity index (χ2n) is 8.26. The lowest BCUT2D eigenvalue weighted by molar-refractivity contribution is -0.133. The lowest BCUT2D eigenvalue weighted by atomic mass is 9.96. The van der Waals surface area contributed by atoms with Crippen LogP contribution in [0.5, 0.6) is 0 Å². The number of allylic oxidation sites excluding steroid dienone is 2. The van der Waals surface area contributed by atoms with Crippen LogP contribution in [-0.4, -0.2) is 33.6 Å². The number of nitrogens with zero attached hydrogens (tertiary/aromatic N) is 1. The number of fused-ring (bicyclic) bond motifs is 2. The van der Waals surface area contributed by atoms with E-state index < -0.39 is 5.97 Å². The Morgan fingerprint density at radius 1 is 1.14 bits per heavy atom. The first-order chi connectivity index (χ1) is 13.6. The topological polar surface area (TPSA) is 40.5 Å². The van der Waals surface area contributed by atoms with Crippen LogP contribution in [0.4, 0.5) is 4.39 Å². The molecule has 28 heavy (non-hydrogen) atoms. The van der Waals surface area contributed by atoms with Crippen molar-refractivity contribution in [3.8, 4) is 0 Å². The van der Waals surface area contributed by atoms with Crippen molar-refractivity contribution in [1.82, 2.24) is 4.90 Å². The Balaban J connectivity index is 1.36. The summed E-state index contributed by atoms with van der Waals surface area (Å²) >= 11 is 1.72. The first-order valence-corrected chi connectivity index (χ1v) is 11.4. The molecule has 2 aliphatic carbocycles. The fourth-order valence-corrected chi connectivity index (χ4v) is 6.41. The zero-order chi connectivity index (χ0) is 19.5. The number of hydrogen-bond donors (Lipinski definition) is 1. The van der Waals surface area contributed by atoms with Crippen LogP contribution in [0, 0.1) is 23.6 Å². The minimum atomic E-state index is -0.820. The lowest BCUT2D eigenvalue weighted by Crippen LogP contribution is -2.38. The third kappa shape index (κ3) is 4.29. The molecule has 1 unspecified atom stereocenters. The van der Waals surface area contributed by atoms with Gasteiger partial charge in [-0.3, -0.25) is 0 Å². The fourth-order valence-electron chi connectivity index (χ4n) is 5.17. The summed E-state index contributed by atoms with van der Waals surface area (Å²) in [4.78, 5) is 14.1. The van der Waals surface area contributed by atoms with E-state index in [4.69, 9.17) is 0 Å². The van der Waals surface area contributed by atoms with Crippen molar-refractivity contribution in [3.63, 3.8) is 0 Å². The van der Waals surface area contributed by atoms with Gasteiger partial charge >= 0.3 is 5.97 Å². The normalized spacial score (nSPS) is 28.6. The minimum absolute atomic E-state index is 0.115. The largest absolute Gasteiger partial charge is 0.478 e. The Labute approximate surface area is 170 Å². The summed E-state index contributed by atoms with van der Waals surface area (Å²) in [6.45, 7) is 0.978. The second-order valence-corrected chi connectivity index (χ2v) is 9.45. The fraction of sp³-hybridized carbons (Fsp3) is 0.522. The molecule has 1 N–H and O–H groups in total. The number of hydrogen-bond acceptors (Lipinski definition) is 3. The Morgan fingerprint density at radius 3 is 2.46 bits per heavy atom. The van der Waals surface area contributed by atoms with Crippen molar-refractivity contribution < 1.29 is 14.3 Å². The van der Waals surface area contributed by atoms with Gasteiger partial charge in [0, 0.05) is 12.7 Å². The van der Waals surface area contributed by atoms with Gasteiger partial charge in [0.15, 0.2) is 0 Å². The van der Waals surface area contributed by atoms with Crippen LogP contribution in [0.3, 0.4) is 0 Å². The molecule has 0 radical (unpaired) electrons. The van der Waals surface area contributed by atoms with Crippen LogP contribution in [0.25, 0.3) is 0 Å². The van der Waals surface area contributed by atoms with E-state index in [9.17, 15) is 14.3 Å². The molecule has 2 fully saturated rings. The number of carbonyl (C=O) groups is 1. The predicted molar refractivity (Wildman–Crippen MR) is 111 cm³/mol. The minimum Gasteiger partial charge on any atom is -0.478 e. The molecule has 1 aromatic carbocycles. The average molecular weight is 402 g/mol. The molecule has 2 bridgehead atoms. The maximum atomic E-state index is 13.0. The molecule has 0 saturated heterocycles. The third-order valence-electron chi connectivity index (χ3n) is 6.62. The van der Waals surface area contributed by atoms with E-state index >= 15 is 0 Å². The summed E-state index contributed by atoms with van der Waals surface area (Å²) in [5.74, 6) is 2.25. The number of carboxylic acids is 1. The van der Waals surface area contributed by atoms with Crippen LogP contribution in [0.2, 0.25) is 0 Å². The van der Waals surface area contributed by atoms with Gasteiger partial charge in [-0.15, -0.1) is 11.8 Å². The van der Waals surface area contributed by atoms with Crippen molar-refractivity contribution >= 4 is 17.7 Å². The molecule has 0 spiro atoms. The number of halogens is 1. The molecule has 2 saturated carbocycles. The number of rotatable bonds is 8. The van der Waals surface area contributed by atoms with Gasteiger partial charge in [0.25, 0.3) is 0 Å². The van der Waals surface area contributed by atoms with E-state index in [0.29, 0.717) is 5.57 Å². The van der Waals surface area contributed by atoms with E-state index in [0.717, 1.165) is 48.5 Å². The van der Waals surface area contributed by atoms with Crippen molar-refractivity contribution in [2.24, 2.45) is 17.8 Å². The molecule has 5 heteroatoms. The van der Waals surface area contributed by atoms with Gasteiger partial charge < -0.3 is 10.0 Å². The molecule has 0 amide bonds. The summed E-state index contributed by atoms with van der Waals surface area (Å²) in [6, 6.07) is 6.65. The smallest absolute Gasteiger partial charge is 0.334 e. The van der Waals surface area contributed by atoms with E-state index in [1.807, 2.05) is 18.2 Å². The van der Waals surface area contributed by atoms with Crippen LogP contribution in [0.15, 0.2) is 48.2 Å². The number of benzene rings is 1. The SMILES string of the molecule is O=C(O)C1=CC=CN(CC2C3CCC2CC3)C1SCCCc1ccc(F)cc1. The van der Waals surface area contributed by atoms with E-state index in [2.05, 4.69) is 11.1 Å². The van der Waals surface area contributed by atoms with Gasteiger partial charge in [-0.2, -0.15) is 0 Å². The number of aliphatic carboxylic acids is 1. The molecule has 3 nitrogen and oxygen atoms in total. The molecule has 3 aliphatic rings. The van der Waals surface area contributed by atoms with Crippen molar-refractivity contribution in [2.45, 2.75) is 43.9 Å². The Hall–Kier alpha value is -1.75. The third-order valence-corrected chi connectivity index (χ3v) is 7.98. The summed E-state index contributed by atoms with van der Waals surface area (Å²) < 4.78 is 13.0. The highest BCUT2D eigenvalue weighted by atomic mass is 32.2. The van der Waals surface area contributed by atoms with E-state index in [-0.39, 0.29) is 11.2 Å². The highest BCUT2D eigenvalue weighted by Crippen LogP contribution is 2.50. The first-order valence-electron chi connectivity index (χ1n) is 10.4. The predicted octanol–water partition coefficient (Wildman–Crippen LogP) is 5.09. The molecular weight excluding hydrogens is 373 g/mol. The molecular formula is C23H28FNO2S. The van der Waals surface area contributed by atoms with Gasteiger partial charge in [0.1, 0.15) is 11.2 Å². The zero-order valence-corrected chi connectivity index (χ0v) is 16.9. The van der Waals surface area contributed by atoms with Gasteiger partial charge in [-0.1, -0.05) is 12.1 Å². The average Bonchev–Trinajstić information content (AvgIpc) is 3.26. The summed E-state index contributed by atoms with van der Waals surface area (Å²) in [6.07, 6.45) is 13.0. The number of aryl methyl sites for hydroxylation is 1. The monoisotopic (exact) mass is 401 g/mol. The summed E-state index contributed by atoms with van der Waals surface area (Å²) in [5.41, 5.74) is 1.61. The van der Waals surface area contributed by atoms with Crippen molar-refractivity contribution in [2.75, 3.05) is 12.3 Å². The van der Waals surface area contributed by atoms with Crippen LogP contribution in [-0.2, 0) is 11.2 Å². The van der Waals surface area contributed by atoms with Crippen molar-refractivity contribution in [1.29, 1.82) is 0 Å². The molecule has 1 aliphatic heterocycles. The highest BCUT2D eigenvalue weighted by Gasteiger charge is 2.43. The van der Waals surface area contributed by atoms with Gasteiger partial charge in [-0.25, -0.2) is 9.18 Å². The zero-order valence-electron chi connectivity index (χ0n) is 16.1. The van der Waals surface area contributed by atoms with Crippen molar-refractivity contribution in [3.05, 3.63) is 59.6 Å². The Kier molecular flexibility index (Phi) is 6.10. The highest BCUT2D eigenvalue weighted by molar-refractivity contribution is 8.00. The number of carboxylic acid groups (broad SMARTS) is 1. The second kappa shape index (κ2) is 8.73. The maximum absolute atomic E-state index is 13.0. The number of thioether (sulfide) groups is 1. The Bertz CT molecular complexity index is 740. The molecule has 4 rings (SSSR count). The molecule has 1 heterocycles. The quantitative estimate of drug-likeness (QED) is 0.616. The lowest BCUT2D eigenvalue weighted by Gasteiger charge is -2.35. The van der Waals surface area contributed by atoms with Gasteiger partial charge in [0.2, 0.25) is 0 Å². The van der Waals surface area contributed by atoms with Crippen LogP contribution >= 0.6 is 11.8 Å². The first kappa shape index (κ1) is 19.6. The summed E-state index contributed by atoms with van der Waals surface area (Å²) in [5, 5.41) is 9.57. The standard InChI is InChI=1S/C23H28FNO2S/c24-19-11-5-16(6-12-19)3-2-14-28-22-20(23(26)27)4-1-13-25(22)15-21-17-7-8-18(21)10-9-17/h1,4-6,11-13,17-18,21-22H,2-3,7-10,14-15H2,(H,26,27). The molecule has 0 aromatic heterocycles. The molecule has 150 valence electrons. The van der Waals surface area contributed by atoms with E-state index in [1.54, 1.807) is 17.8 Å². The van der Waals surface area contributed by atoms with Crippen LogP contribution < -0.4 is 0 Å². The Morgan fingerprint density at radius 2 is 1.82 bits per heavy atom. The molecule has 1 aromatic rings. The van der Waals surface area contributed by atoms with Gasteiger partial charge in [0.05, 0.1) is 5.57 Å². The van der Waals surface area contributed by atoms with E-state index in [1.165, 1.54) is 37.8 Å². The maximum Gasteiger partial charge on any atom is 0.334 e. The molecule has 1 atom stereocenters. The van der Waals surface area contributed by atoms with Crippen LogP contribution in [0.1, 0.15) is 37.7 Å².